The number of thiophene rings is 1. The minimum Gasteiger partial charge on any atom is -0.399 e. The van der Waals surface area contributed by atoms with Crippen molar-refractivity contribution < 1.29 is 22.7 Å². The molecule has 1 aromatic heterocycles. The van der Waals surface area contributed by atoms with Crippen LogP contribution in [0.4, 0.5) is 10.5 Å². The summed E-state index contributed by atoms with van der Waals surface area (Å²) in [5.74, 6) is -0.113. The molecule has 10 heteroatoms. The van der Waals surface area contributed by atoms with E-state index in [0.29, 0.717) is 22.9 Å². The number of benzene rings is 2. The van der Waals surface area contributed by atoms with Gasteiger partial charge in [-0.05, 0) is 51.8 Å². The van der Waals surface area contributed by atoms with Gasteiger partial charge in [0.1, 0.15) is 0 Å². The molecule has 0 radical (unpaired) electrons. The lowest BCUT2D eigenvalue weighted by atomic mass is 10.1. The molecule has 32 heavy (non-hydrogen) atoms. The monoisotopic (exact) mass is 534 g/mol. The van der Waals surface area contributed by atoms with Crippen molar-refractivity contribution in [2.75, 3.05) is 17.7 Å². The number of carbonyl (C=O) groups is 2. The molecule has 3 aromatic rings. The molecule has 0 aliphatic carbocycles. The number of rotatable bonds is 5. The van der Waals surface area contributed by atoms with E-state index < -0.39 is 15.9 Å². The van der Waals surface area contributed by atoms with E-state index in [9.17, 15) is 18.0 Å². The Kier molecular flexibility index (Phi) is 6.36. The minimum absolute atomic E-state index is 0.113. The van der Waals surface area contributed by atoms with Gasteiger partial charge in [0.15, 0.2) is 14.9 Å². The van der Waals surface area contributed by atoms with E-state index in [1.54, 1.807) is 65.6 Å². The van der Waals surface area contributed by atoms with Crippen molar-refractivity contribution in [2.24, 2.45) is 0 Å². The zero-order valence-corrected chi connectivity index (χ0v) is 20.2. The summed E-state index contributed by atoms with van der Waals surface area (Å²) >= 11 is 4.60. The third-order valence-corrected chi connectivity index (χ3v) is 7.62. The fraction of sp³-hybridized carbons (Fsp3) is 0.182. The highest BCUT2D eigenvalue weighted by Gasteiger charge is 2.32. The molecular formula is C22H19BrN2O5S2. The fourth-order valence-electron chi connectivity index (χ4n) is 3.54. The Labute approximate surface area is 198 Å². The van der Waals surface area contributed by atoms with Crippen molar-refractivity contribution in [1.82, 2.24) is 5.32 Å². The van der Waals surface area contributed by atoms with Crippen LogP contribution in [0.2, 0.25) is 0 Å². The van der Waals surface area contributed by atoms with Crippen LogP contribution >= 0.6 is 27.3 Å². The number of sulfone groups is 1. The molecule has 1 saturated heterocycles. The van der Waals surface area contributed by atoms with E-state index in [0.717, 1.165) is 9.35 Å². The summed E-state index contributed by atoms with van der Waals surface area (Å²) < 4.78 is 30.3. The van der Waals surface area contributed by atoms with Gasteiger partial charge in [-0.3, -0.25) is 4.79 Å². The van der Waals surface area contributed by atoms with Crippen molar-refractivity contribution in [3.8, 4) is 16.2 Å². The topological polar surface area (TPSA) is 92.8 Å². The summed E-state index contributed by atoms with van der Waals surface area (Å²) in [6.45, 7) is 0.321. The van der Waals surface area contributed by atoms with Crippen LogP contribution in [0.15, 0.2) is 69.3 Å². The molecule has 1 aliphatic rings. The molecule has 1 N–H and O–H groups in total. The third-order valence-electron chi connectivity index (χ3n) is 4.97. The molecule has 0 bridgehead atoms. The summed E-state index contributed by atoms with van der Waals surface area (Å²) in [6, 6.07) is 17.0. The summed E-state index contributed by atoms with van der Waals surface area (Å²) in [4.78, 5) is 26.5. The number of amides is 2. The quantitative estimate of drug-likeness (QED) is 0.521. The normalized spacial score (nSPS) is 16.2. The Bertz CT molecular complexity index is 1270. The zero-order chi connectivity index (χ0) is 22.9. The molecular weight excluding hydrogens is 516 g/mol. The van der Waals surface area contributed by atoms with Gasteiger partial charge in [0.05, 0.1) is 14.7 Å². The molecule has 1 unspecified atom stereocenters. The van der Waals surface area contributed by atoms with Gasteiger partial charge in [0.25, 0.3) is 0 Å². The number of nitrogens with zero attached hydrogens (tertiary/aromatic N) is 1. The Morgan fingerprint density at radius 3 is 2.50 bits per heavy atom. The van der Waals surface area contributed by atoms with Gasteiger partial charge in [0.2, 0.25) is 5.91 Å². The van der Waals surface area contributed by atoms with E-state index >= 15 is 0 Å². The second-order valence-corrected chi connectivity index (χ2v) is 11.7. The molecule has 2 aromatic carbocycles. The van der Waals surface area contributed by atoms with Gasteiger partial charge in [-0.2, -0.15) is 0 Å². The van der Waals surface area contributed by atoms with E-state index in [1.807, 2.05) is 0 Å². The molecule has 0 spiro atoms. The van der Waals surface area contributed by atoms with Crippen molar-refractivity contribution in [3.63, 3.8) is 0 Å². The number of halogens is 1. The highest BCUT2D eigenvalue weighted by atomic mass is 79.9. The van der Waals surface area contributed by atoms with Crippen LogP contribution < -0.4 is 15.0 Å². The number of nitrogens with one attached hydrogen (secondary N) is 1. The summed E-state index contributed by atoms with van der Waals surface area (Å²) in [5, 5.41) is 3.19. The van der Waals surface area contributed by atoms with E-state index in [-0.39, 0.29) is 23.3 Å². The van der Waals surface area contributed by atoms with Crippen LogP contribution in [0.3, 0.4) is 0 Å². The van der Waals surface area contributed by atoms with Crippen molar-refractivity contribution in [3.05, 3.63) is 64.5 Å². The zero-order valence-electron chi connectivity index (χ0n) is 16.9. The third kappa shape index (κ3) is 5.03. The highest BCUT2D eigenvalue weighted by Crippen LogP contribution is 2.31. The molecule has 1 aliphatic heterocycles. The number of ether oxygens (including phenoxy) is 1. The predicted molar refractivity (Wildman–Crippen MR) is 127 cm³/mol. The van der Waals surface area contributed by atoms with Crippen LogP contribution in [-0.2, 0) is 14.6 Å². The maximum Gasteiger partial charge on any atom is 0.413 e. The van der Waals surface area contributed by atoms with Crippen LogP contribution in [0.25, 0.3) is 11.1 Å². The Morgan fingerprint density at radius 1 is 1.12 bits per heavy atom. The first-order valence-electron chi connectivity index (χ1n) is 9.64. The lowest BCUT2D eigenvalue weighted by molar-refractivity contribution is -0.117. The Balaban J connectivity index is 1.45. The molecule has 2 amide bonds. The fourth-order valence-corrected chi connectivity index (χ4v) is 5.65. The first-order valence-corrected chi connectivity index (χ1v) is 13.1. The van der Waals surface area contributed by atoms with Gasteiger partial charge in [0, 0.05) is 30.5 Å². The highest BCUT2D eigenvalue weighted by molar-refractivity contribution is 9.11. The standard InChI is InChI=1S/C22H19BrN2O5S2/c1-32(28,29)18-5-3-2-4-17(18)14-6-8-16(9-7-14)25-13-15(12-20(25)26)24-22(27)30-21-11-10-19(23)31-21/h2-11,15H,12-13H2,1H3,(H,24,27). The molecule has 4 rings (SSSR count). The lowest BCUT2D eigenvalue weighted by Gasteiger charge is -2.18. The molecule has 7 nitrogen and oxygen atoms in total. The molecule has 166 valence electrons. The average Bonchev–Trinajstić information content (AvgIpc) is 3.32. The maximum absolute atomic E-state index is 12.5. The second kappa shape index (κ2) is 9.05. The number of anilines is 1. The molecule has 2 heterocycles. The minimum atomic E-state index is -3.37. The summed E-state index contributed by atoms with van der Waals surface area (Å²) in [6.07, 6.45) is 0.743. The number of hydrogen-bond acceptors (Lipinski definition) is 6. The van der Waals surface area contributed by atoms with Crippen LogP contribution in [0.5, 0.6) is 5.06 Å². The molecule has 0 saturated carbocycles. The second-order valence-electron chi connectivity index (χ2n) is 7.31. The Morgan fingerprint density at radius 2 is 1.84 bits per heavy atom. The smallest absolute Gasteiger partial charge is 0.399 e. The van der Waals surface area contributed by atoms with Crippen molar-refractivity contribution in [2.45, 2.75) is 17.4 Å². The van der Waals surface area contributed by atoms with Crippen LogP contribution in [0.1, 0.15) is 6.42 Å². The number of hydrogen-bond donors (Lipinski definition) is 1. The maximum atomic E-state index is 12.5. The molecule has 1 fully saturated rings. The number of carbonyl (C=O) groups excluding carboxylic acids is 2. The first kappa shape index (κ1) is 22.5. The van der Waals surface area contributed by atoms with E-state index in [1.165, 1.54) is 17.6 Å². The Hall–Kier alpha value is -2.69. The van der Waals surface area contributed by atoms with Crippen molar-refractivity contribution in [1.29, 1.82) is 0 Å². The SMILES string of the molecule is CS(=O)(=O)c1ccccc1-c1ccc(N2CC(NC(=O)Oc3ccc(Br)s3)CC2=O)cc1. The predicted octanol–water partition coefficient (Wildman–Crippen LogP) is 4.48. The van der Waals surface area contributed by atoms with Gasteiger partial charge in [-0.25, -0.2) is 13.2 Å². The van der Waals surface area contributed by atoms with Gasteiger partial charge >= 0.3 is 6.09 Å². The summed E-state index contributed by atoms with van der Waals surface area (Å²) in [5.41, 5.74) is 2.02. The lowest BCUT2D eigenvalue weighted by Crippen LogP contribution is -2.38. The average molecular weight is 535 g/mol. The van der Waals surface area contributed by atoms with Gasteiger partial charge in [-0.1, -0.05) is 41.7 Å². The largest absolute Gasteiger partial charge is 0.413 e. The van der Waals surface area contributed by atoms with E-state index in [4.69, 9.17) is 4.74 Å². The van der Waals surface area contributed by atoms with Crippen molar-refractivity contribution >= 4 is 54.8 Å². The van der Waals surface area contributed by atoms with Crippen LogP contribution in [0, 0.1) is 0 Å². The first-order chi connectivity index (χ1) is 15.2. The summed E-state index contributed by atoms with van der Waals surface area (Å²) in [7, 11) is -3.37. The van der Waals surface area contributed by atoms with E-state index in [2.05, 4.69) is 21.2 Å². The van der Waals surface area contributed by atoms with Gasteiger partial charge < -0.3 is 15.0 Å². The van der Waals surface area contributed by atoms with Crippen LogP contribution in [-0.4, -0.2) is 39.3 Å². The van der Waals surface area contributed by atoms with Gasteiger partial charge in [-0.15, -0.1) is 0 Å². The molecule has 1 atom stereocenters.